The first-order valence-corrected chi connectivity index (χ1v) is 10.3. The summed E-state index contributed by atoms with van der Waals surface area (Å²) in [5.41, 5.74) is 2.37. The smallest absolute Gasteiger partial charge is 0.165 e. The molecule has 9 nitrogen and oxygen atoms in total. The molecule has 146 valence electrons. The molecule has 0 bridgehead atoms. The van der Waals surface area contributed by atoms with Crippen LogP contribution in [0, 0.1) is 0 Å². The van der Waals surface area contributed by atoms with Crippen LogP contribution in [0.5, 0.6) is 0 Å². The lowest BCUT2D eigenvalue weighted by atomic mass is 10.1. The minimum Gasteiger partial charge on any atom is -0.342 e. The minimum atomic E-state index is 0.0956. The van der Waals surface area contributed by atoms with Gasteiger partial charge in [-0.3, -0.25) is 4.57 Å². The summed E-state index contributed by atoms with van der Waals surface area (Å²) in [4.78, 5) is 24.9. The molecule has 4 aromatic rings. The van der Waals surface area contributed by atoms with Crippen molar-refractivity contribution in [2.75, 3.05) is 4.90 Å². The molecule has 1 unspecified atom stereocenters. The Kier molecular flexibility index (Phi) is 4.27. The molecule has 0 N–H and O–H groups in total. The molecule has 0 saturated heterocycles. The Morgan fingerprint density at radius 2 is 2.07 bits per heavy atom. The van der Waals surface area contributed by atoms with Gasteiger partial charge in [-0.25, -0.2) is 24.9 Å². The molecule has 1 aliphatic rings. The van der Waals surface area contributed by atoms with E-state index in [-0.39, 0.29) is 12.1 Å². The van der Waals surface area contributed by atoms with Crippen molar-refractivity contribution >= 4 is 17.2 Å². The third-order valence-electron chi connectivity index (χ3n) is 4.99. The van der Waals surface area contributed by atoms with Crippen molar-refractivity contribution in [3.05, 3.63) is 42.4 Å². The van der Waals surface area contributed by atoms with Gasteiger partial charge in [0.25, 0.3) is 0 Å². The van der Waals surface area contributed by atoms with Gasteiger partial charge in [-0.2, -0.15) is 0 Å². The lowest BCUT2D eigenvalue weighted by Gasteiger charge is -2.39. The van der Waals surface area contributed by atoms with Crippen molar-refractivity contribution in [2.24, 2.45) is 0 Å². The van der Waals surface area contributed by atoms with E-state index in [9.17, 15) is 0 Å². The summed E-state index contributed by atoms with van der Waals surface area (Å²) in [6, 6.07) is 0.329. The maximum Gasteiger partial charge on any atom is 0.165 e. The molecule has 5 heterocycles. The average molecular weight is 405 g/mol. The molecule has 0 spiro atoms. The normalized spacial score (nSPS) is 15.4. The van der Waals surface area contributed by atoms with Crippen molar-refractivity contribution in [1.29, 1.82) is 0 Å². The second kappa shape index (κ2) is 6.96. The zero-order valence-corrected chi connectivity index (χ0v) is 17.1. The van der Waals surface area contributed by atoms with Crippen LogP contribution < -0.4 is 4.90 Å². The van der Waals surface area contributed by atoms with Crippen LogP contribution in [0.3, 0.4) is 0 Å². The number of aromatic nitrogens is 8. The molecule has 29 heavy (non-hydrogen) atoms. The van der Waals surface area contributed by atoms with Gasteiger partial charge in [0.1, 0.15) is 29.0 Å². The lowest BCUT2D eigenvalue weighted by molar-refractivity contribution is 0.497. The Labute approximate surface area is 171 Å². The molecular weight excluding hydrogens is 386 g/mol. The fourth-order valence-electron chi connectivity index (χ4n) is 3.77. The number of thiazole rings is 1. The topological polar surface area (TPSA) is 98.4 Å². The molecule has 4 aromatic heterocycles. The fourth-order valence-corrected chi connectivity index (χ4v) is 4.42. The molecule has 0 saturated carbocycles. The monoisotopic (exact) mass is 405 g/mol. The van der Waals surface area contributed by atoms with Crippen LogP contribution in [0.15, 0.2) is 36.6 Å². The van der Waals surface area contributed by atoms with Gasteiger partial charge >= 0.3 is 0 Å². The summed E-state index contributed by atoms with van der Waals surface area (Å²) in [6.07, 6.45) is 9.48. The van der Waals surface area contributed by atoms with Crippen molar-refractivity contribution < 1.29 is 0 Å². The van der Waals surface area contributed by atoms with Gasteiger partial charge in [-0.05, 0) is 20.3 Å². The zero-order valence-electron chi connectivity index (χ0n) is 16.3. The Balaban J connectivity index is 1.71. The zero-order chi connectivity index (χ0) is 20.0. The second-order valence-electron chi connectivity index (χ2n) is 7.01. The predicted octanol–water partition coefficient (Wildman–Crippen LogP) is 3.32. The molecule has 5 rings (SSSR count). The molecule has 0 radical (unpaired) electrons. The number of nitrogens with zero attached hydrogens (tertiary/aromatic N) is 9. The maximum absolute atomic E-state index is 4.97. The number of rotatable bonds is 4. The van der Waals surface area contributed by atoms with Crippen LogP contribution in [0.1, 0.15) is 39.1 Å². The van der Waals surface area contributed by atoms with E-state index in [1.807, 2.05) is 16.1 Å². The van der Waals surface area contributed by atoms with E-state index in [2.05, 4.69) is 55.8 Å². The molecule has 0 aliphatic carbocycles. The summed E-state index contributed by atoms with van der Waals surface area (Å²) >= 11 is 1.53. The number of anilines is 1. The van der Waals surface area contributed by atoms with E-state index >= 15 is 0 Å². The Morgan fingerprint density at radius 1 is 1.17 bits per heavy atom. The van der Waals surface area contributed by atoms with E-state index in [1.54, 1.807) is 18.7 Å². The van der Waals surface area contributed by atoms with Gasteiger partial charge in [0, 0.05) is 23.8 Å². The SMILES string of the molecule is CCC1c2nncn2-c2cnc(-c3cncnc3-c3nccs3)nc2N1C(C)C. The van der Waals surface area contributed by atoms with Gasteiger partial charge in [0.05, 0.1) is 17.8 Å². The third kappa shape index (κ3) is 2.79. The van der Waals surface area contributed by atoms with Crippen LogP contribution in [0.4, 0.5) is 5.82 Å². The highest BCUT2D eigenvalue weighted by molar-refractivity contribution is 7.13. The van der Waals surface area contributed by atoms with Gasteiger partial charge in [0.15, 0.2) is 17.5 Å². The largest absolute Gasteiger partial charge is 0.342 e. The highest BCUT2D eigenvalue weighted by Crippen LogP contribution is 2.40. The average Bonchev–Trinajstić information content (AvgIpc) is 3.44. The first-order chi connectivity index (χ1) is 14.2. The maximum atomic E-state index is 4.97. The van der Waals surface area contributed by atoms with Crippen LogP contribution in [0.2, 0.25) is 0 Å². The van der Waals surface area contributed by atoms with Gasteiger partial charge in [-0.1, -0.05) is 6.92 Å². The van der Waals surface area contributed by atoms with Crippen molar-refractivity contribution in [3.8, 4) is 27.8 Å². The summed E-state index contributed by atoms with van der Waals surface area (Å²) < 4.78 is 1.98. The summed E-state index contributed by atoms with van der Waals surface area (Å²) in [5, 5.41) is 11.2. The molecule has 0 aromatic carbocycles. The van der Waals surface area contributed by atoms with Crippen molar-refractivity contribution in [2.45, 2.75) is 39.3 Å². The molecule has 0 amide bonds. The first kappa shape index (κ1) is 17.8. The predicted molar refractivity (Wildman–Crippen MR) is 110 cm³/mol. The summed E-state index contributed by atoms with van der Waals surface area (Å²) in [6.45, 7) is 6.47. The van der Waals surface area contributed by atoms with Crippen LogP contribution in [0.25, 0.3) is 27.8 Å². The third-order valence-corrected chi connectivity index (χ3v) is 5.77. The Bertz CT molecular complexity index is 1150. The summed E-state index contributed by atoms with van der Waals surface area (Å²) in [7, 11) is 0. The van der Waals surface area contributed by atoms with E-state index in [0.29, 0.717) is 5.82 Å². The minimum absolute atomic E-state index is 0.0956. The lowest BCUT2D eigenvalue weighted by Crippen LogP contribution is -2.40. The van der Waals surface area contributed by atoms with Crippen molar-refractivity contribution in [1.82, 2.24) is 39.7 Å². The Morgan fingerprint density at radius 3 is 2.83 bits per heavy atom. The van der Waals surface area contributed by atoms with E-state index in [0.717, 1.165) is 40.0 Å². The fraction of sp³-hybridized carbons (Fsp3) is 0.316. The second-order valence-corrected chi connectivity index (χ2v) is 7.90. The van der Waals surface area contributed by atoms with E-state index in [4.69, 9.17) is 4.98 Å². The number of hydrogen-bond donors (Lipinski definition) is 0. The molecule has 10 heteroatoms. The standard InChI is InChI=1S/C19H19N9S/c1-4-13-18-26-24-10-27(18)14-8-22-16(25-17(14)28(13)11(2)3)12-7-20-9-23-15(12)19-21-5-6-29-19/h5-11,13H,4H2,1-3H3. The number of hydrogen-bond acceptors (Lipinski definition) is 9. The van der Waals surface area contributed by atoms with E-state index < -0.39 is 0 Å². The molecule has 0 fully saturated rings. The molecule has 1 atom stereocenters. The van der Waals surface area contributed by atoms with Crippen LogP contribution in [-0.4, -0.2) is 45.7 Å². The molecular formula is C19H19N9S. The van der Waals surface area contributed by atoms with E-state index in [1.165, 1.54) is 17.7 Å². The van der Waals surface area contributed by atoms with Crippen LogP contribution >= 0.6 is 11.3 Å². The van der Waals surface area contributed by atoms with Gasteiger partial charge in [-0.15, -0.1) is 21.5 Å². The molecule has 1 aliphatic heterocycles. The van der Waals surface area contributed by atoms with Gasteiger partial charge in [0.2, 0.25) is 0 Å². The summed E-state index contributed by atoms with van der Waals surface area (Å²) in [5.74, 6) is 2.35. The van der Waals surface area contributed by atoms with Crippen LogP contribution in [-0.2, 0) is 0 Å². The Hall–Kier alpha value is -3.27. The number of fused-ring (bicyclic) bond motifs is 3. The highest BCUT2D eigenvalue weighted by Gasteiger charge is 2.35. The highest BCUT2D eigenvalue weighted by atomic mass is 32.1. The quantitative estimate of drug-likeness (QED) is 0.510. The first-order valence-electron chi connectivity index (χ1n) is 9.45. The van der Waals surface area contributed by atoms with Crippen molar-refractivity contribution in [3.63, 3.8) is 0 Å². The van der Waals surface area contributed by atoms with Gasteiger partial charge < -0.3 is 4.90 Å².